The number of nitrogens with zero attached hydrogens (tertiary/aromatic N) is 1. The van der Waals surface area contributed by atoms with Gasteiger partial charge in [-0.1, -0.05) is 0 Å². The van der Waals surface area contributed by atoms with Crippen LogP contribution in [0.1, 0.15) is 30.1 Å². The minimum absolute atomic E-state index is 0.0314. The number of nitrogen functional groups attached to an aromatic ring is 1. The predicted octanol–water partition coefficient (Wildman–Crippen LogP) is 1.07. The first-order valence-electron chi connectivity index (χ1n) is 6.68. The Kier molecular flexibility index (Phi) is 4.12. The molecule has 1 aromatic rings. The molecule has 0 radical (unpaired) electrons. The third-order valence-electron chi connectivity index (χ3n) is 3.27. The fourth-order valence-corrected chi connectivity index (χ4v) is 2.02. The number of benzene rings is 1. The van der Waals surface area contributed by atoms with E-state index in [0.29, 0.717) is 24.0 Å². The number of nitrogens with one attached hydrogen (secondary N) is 1. The van der Waals surface area contributed by atoms with Crippen molar-refractivity contribution in [1.29, 1.82) is 0 Å². The molecule has 0 saturated heterocycles. The highest BCUT2D eigenvalue weighted by Crippen LogP contribution is 2.24. The zero-order valence-electron chi connectivity index (χ0n) is 11.4. The fourth-order valence-electron chi connectivity index (χ4n) is 2.02. The monoisotopic (exact) mass is 277 g/mol. The fraction of sp³-hybridized carbons (Fsp3) is 0.429. The molecule has 1 fully saturated rings. The van der Waals surface area contributed by atoms with Gasteiger partial charge >= 0.3 is 5.97 Å². The van der Waals surface area contributed by atoms with Crippen LogP contribution in [-0.4, -0.2) is 36.1 Å². The maximum absolute atomic E-state index is 11.8. The Labute approximate surface area is 117 Å². The van der Waals surface area contributed by atoms with E-state index in [1.807, 2.05) is 11.8 Å². The van der Waals surface area contributed by atoms with Crippen molar-refractivity contribution in [1.82, 2.24) is 5.32 Å². The molecule has 0 atom stereocenters. The smallest absolute Gasteiger partial charge is 0.335 e. The Morgan fingerprint density at radius 1 is 1.45 bits per heavy atom. The highest BCUT2D eigenvalue weighted by Gasteiger charge is 2.24. The molecule has 4 N–H and O–H groups in total. The van der Waals surface area contributed by atoms with Gasteiger partial charge in [0, 0.05) is 12.6 Å². The Morgan fingerprint density at radius 2 is 2.15 bits per heavy atom. The Morgan fingerprint density at radius 3 is 2.65 bits per heavy atom. The number of carboxylic acid groups (broad SMARTS) is 1. The summed E-state index contributed by atoms with van der Waals surface area (Å²) in [6.07, 6.45) is 2.10. The Balaban J connectivity index is 2.09. The van der Waals surface area contributed by atoms with Crippen molar-refractivity contribution in [3.63, 3.8) is 0 Å². The molecular weight excluding hydrogens is 258 g/mol. The molecule has 0 spiro atoms. The maximum Gasteiger partial charge on any atom is 0.335 e. The molecule has 0 heterocycles. The van der Waals surface area contributed by atoms with E-state index in [1.165, 1.54) is 12.1 Å². The average Bonchev–Trinajstić information content (AvgIpc) is 3.20. The van der Waals surface area contributed by atoms with Gasteiger partial charge in [0.1, 0.15) is 0 Å². The molecule has 1 aliphatic rings. The summed E-state index contributed by atoms with van der Waals surface area (Å²) in [6, 6.07) is 4.88. The van der Waals surface area contributed by atoms with E-state index in [-0.39, 0.29) is 18.0 Å². The Hall–Kier alpha value is -2.24. The van der Waals surface area contributed by atoms with E-state index < -0.39 is 5.97 Å². The van der Waals surface area contributed by atoms with Crippen LogP contribution in [0.2, 0.25) is 0 Å². The summed E-state index contributed by atoms with van der Waals surface area (Å²) in [5, 5.41) is 11.8. The highest BCUT2D eigenvalue weighted by atomic mass is 16.4. The van der Waals surface area contributed by atoms with Gasteiger partial charge in [-0.15, -0.1) is 0 Å². The van der Waals surface area contributed by atoms with E-state index in [2.05, 4.69) is 5.32 Å². The van der Waals surface area contributed by atoms with Gasteiger partial charge in [0.05, 0.1) is 23.5 Å². The summed E-state index contributed by atoms with van der Waals surface area (Å²) in [4.78, 5) is 24.5. The molecule has 108 valence electrons. The molecule has 1 amide bonds. The third kappa shape index (κ3) is 3.40. The number of rotatable bonds is 6. The first-order valence-corrected chi connectivity index (χ1v) is 6.68. The first kappa shape index (κ1) is 14.2. The molecule has 0 bridgehead atoms. The number of carboxylic acids is 1. The van der Waals surface area contributed by atoms with Crippen LogP contribution in [0.25, 0.3) is 0 Å². The highest BCUT2D eigenvalue weighted by molar-refractivity contribution is 5.91. The van der Waals surface area contributed by atoms with Crippen LogP contribution in [0, 0.1) is 0 Å². The lowest BCUT2D eigenvalue weighted by molar-refractivity contribution is -0.119. The van der Waals surface area contributed by atoms with Crippen molar-refractivity contribution >= 4 is 23.3 Å². The molecule has 1 aliphatic carbocycles. The van der Waals surface area contributed by atoms with Gasteiger partial charge in [-0.2, -0.15) is 0 Å². The topological polar surface area (TPSA) is 95.7 Å². The van der Waals surface area contributed by atoms with E-state index in [9.17, 15) is 9.59 Å². The van der Waals surface area contributed by atoms with Gasteiger partial charge < -0.3 is 21.1 Å². The molecule has 1 saturated carbocycles. The standard InChI is InChI=1S/C14H19N3O3/c1-2-17(8-13(18)16-10-4-5-10)12-6-3-9(14(19)20)7-11(12)15/h3,6-7,10H,2,4-5,8,15H2,1H3,(H,16,18)(H,19,20). The van der Waals surface area contributed by atoms with Crippen LogP contribution in [0.5, 0.6) is 0 Å². The molecule has 1 aromatic carbocycles. The minimum Gasteiger partial charge on any atom is -0.478 e. The summed E-state index contributed by atoms with van der Waals surface area (Å²) in [5.74, 6) is -1.05. The zero-order valence-corrected chi connectivity index (χ0v) is 11.4. The summed E-state index contributed by atoms with van der Waals surface area (Å²) in [6.45, 7) is 2.77. The largest absolute Gasteiger partial charge is 0.478 e. The summed E-state index contributed by atoms with van der Waals surface area (Å²) < 4.78 is 0. The maximum atomic E-state index is 11.8. The number of nitrogens with two attached hydrogens (primary N) is 1. The second-order valence-corrected chi connectivity index (χ2v) is 4.93. The van der Waals surface area contributed by atoms with E-state index in [1.54, 1.807) is 6.07 Å². The van der Waals surface area contributed by atoms with Crippen LogP contribution in [-0.2, 0) is 4.79 Å². The third-order valence-corrected chi connectivity index (χ3v) is 3.27. The number of carbonyl (C=O) groups is 2. The van der Waals surface area contributed by atoms with Crippen molar-refractivity contribution in [2.24, 2.45) is 0 Å². The lowest BCUT2D eigenvalue weighted by Gasteiger charge is -2.24. The van der Waals surface area contributed by atoms with Gasteiger partial charge in [0.15, 0.2) is 0 Å². The molecule has 2 rings (SSSR count). The number of carbonyl (C=O) groups excluding carboxylic acids is 1. The van der Waals surface area contributed by atoms with Gasteiger partial charge in [0.25, 0.3) is 0 Å². The Bertz CT molecular complexity index is 526. The van der Waals surface area contributed by atoms with Crippen molar-refractivity contribution in [2.45, 2.75) is 25.8 Å². The van der Waals surface area contributed by atoms with Crippen molar-refractivity contribution < 1.29 is 14.7 Å². The lowest BCUT2D eigenvalue weighted by Crippen LogP contribution is -2.38. The number of hydrogen-bond acceptors (Lipinski definition) is 4. The molecule has 0 aliphatic heterocycles. The normalized spacial score (nSPS) is 13.8. The molecule has 6 nitrogen and oxygen atoms in total. The SMILES string of the molecule is CCN(CC(=O)NC1CC1)c1ccc(C(=O)O)cc1N. The van der Waals surface area contributed by atoms with Gasteiger partial charge in [0.2, 0.25) is 5.91 Å². The number of likely N-dealkylation sites (N-methyl/N-ethyl adjacent to an activating group) is 1. The predicted molar refractivity (Wildman–Crippen MR) is 76.9 cm³/mol. The van der Waals surface area contributed by atoms with Crippen molar-refractivity contribution in [3.8, 4) is 0 Å². The molecule has 20 heavy (non-hydrogen) atoms. The quantitative estimate of drug-likeness (QED) is 0.676. The first-order chi connectivity index (χ1) is 9.51. The second kappa shape index (κ2) is 5.81. The number of amides is 1. The van der Waals surface area contributed by atoms with Gasteiger partial charge in [-0.05, 0) is 38.0 Å². The van der Waals surface area contributed by atoms with E-state index in [0.717, 1.165) is 12.8 Å². The number of anilines is 2. The molecule has 0 unspecified atom stereocenters. The van der Waals surface area contributed by atoms with Crippen LogP contribution >= 0.6 is 0 Å². The van der Waals surface area contributed by atoms with Gasteiger partial charge in [-0.25, -0.2) is 4.79 Å². The van der Waals surface area contributed by atoms with Crippen LogP contribution in [0.3, 0.4) is 0 Å². The second-order valence-electron chi connectivity index (χ2n) is 4.93. The van der Waals surface area contributed by atoms with Crippen LogP contribution in [0.4, 0.5) is 11.4 Å². The van der Waals surface area contributed by atoms with Gasteiger partial charge in [-0.3, -0.25) is 4.79 Å². The van der Waals surface area contributed by atoms with Crippen molar-refractivity contribution in [3.05, 3.63) is 23.8 Å². The number of hydrogen-bond donors (Lipinski definition) is 3. The van der Waals surface area contributed by atoms with Crippen LogP contribution in [0.15, 0.2) is 18.2 Å². The minimum atomic E-state index is -1.02. The molecular formula is C14H19N3O3. The van der Waals surface area contributed by atoms with E-state index >= 15 is 0 Å². The number of aromatic carboxylic acids is 1. The summed E-state index contributed by atoms with van der Waals surface area (Å²) in [5.41, 5.74) is 7.08. The average molecular weight is 277 g/mol. The summed E-state index contributed by atoms with van der Waals surface area (Å²) >= 11 is 0. The van der Waals surface area contributed by atoms with Crippen LogP contribution < -0.4 is 16.0 Å². The lowest BCUT2D eigenvalue weighted by atomic mass is 10.1. The summed E-state index contributed by atoms with van der Waals surface area (Å²) in [7, 11) is 0. The van der Waals surface area contributed by atoms with Crippen molar-refractivity contribution in [2.75, 3.05) is 23.7 Å². The van der Waals surface area contributed by atoms with E-state index in [4.69, 9.17) is 10.8 Å². The molecule has 6 heteroatoms. The molecule has 0 aromatic heterocycles. The zero-order chi connectivity index (χ0) is 14.7.